The minimum atomic E-state index is -0.125. The first kappa shape index (κ1) is 16.7. The summed E-state index contributed by atoms with van der Waals surface area (Å²) in [5, 5.41) is 3.45. The topological polar surface area (TPSA) is 46.2 Å². The van der Waals surface area contributed by atoms with Crippen molar-refractivity contribution in [1.29, 1.82) is 0 Å². The third-order valence-electron chi connectivity index (χ3n) is 3.33. The maximum absolute atomic E-state index is 11.9. The molecule has 0 heterocycles. The lowest BCUT2D eigenvalue weighted by Gasteiger charge is -2.13. The predicted octanol–water partition coefficient (Wildman–Crippen LogP) is 3.86. The molecule has 4 heteroatoms. The molecule has 0 aliphatic rings. The quantitative estimate of drug-likeness (QED) is 0.791. The van der Waals surface area contributed by atoms with Crippen LogP contribution in [0.2, 0.25) is 5.02 Å². The molecule has 1 aromatic rings. The predicted molar refractivity (Wildman–Crippen MR) is 82.1 cm³/mol. The molecule has 1 N–H and O–H groups in total. The van der Waals surface area contributed by atoms with Crippen LogP contribution in [0.25, 0.3) is 0 Å². The molecule has 0 saturated carbocycles. The van der Waals surface area contributed by atoms with Crippen LogP contribution < -0.4 is 5.32 Å². The summed E-state index contributed by atoms with van der Waals surface area (Å²) in [5.41, 5.74) is 0.585. The Morgan fingerprint density at radius 3 is 2.40 bits per heavy atom. The zero-order valence-corrected chi connectivity index (χ0v) is 12.9. The third kappa shape index (κ3) is 5.33. The maximum atomic E-state index is 11.9. The first-order valence-electron chi connectivity index (χ1n) is 7.15. The van der Waals surface area contributed by atoms with Crippen LogP contribution in [-0.2, 0) is 4.79 Å². The van der Waals surface area contributed by atoms with Crippen molar-refractivity contribution in [2.24, 2.45) is 5.92 Å². The summed E-state index contributed by atoms with van der Waals surface area (Å²) in [6.07, 6.45) is 3.04. The first-order valence-corrected chi connectivity index (χ1v) is 7.52. The zero-order chi connectivity index (χ0) is 15.0. The van der Waals surface area contributed by atoms with Crippen LogP contribution in [0, 0.1) is 5.92 Å². The van der Waals surface area contributed by atoms with E-state index in [1.165, 1.54) is 0 Å². The number of halogens is 1. The Labute approximate surface area is 125 Å². The Morgan fingerprint density at radius 2 is 1.85 bits per heavy atom. The molecule has 0 fully saturated rings. The van der Waals surface area contributed by atoms with Crippen molar-refractivity contribution in [3.8, 4) is 0 Å². The number of hydrogen-bond donors (Lipinski definition) is 1. The van der Waals surface area contributed by atoms with Gasteiger partial charge in [-0.05, 0) is 43.5 Å². The summed E-state index contributed by atoms with van der Waals surface area (Å²) < 4.78 is 0. The Bertz CT molecular complexity index is 442. The number of benzene rings is 1. The van der Waals surface area contributed by atoms with Gasteiger partial charge >= 0.3 is 0 Å². The molecule has 0 saturated heterocycles. The second-order valence-corrected chi connectivity index (χ2v) is 5.31. The zero-order valence-electron chi connectivity index (χ0n) is 12.1. The summed E-state index contributed by atoms with van der Waals surface area (Å²) in [5.74, 6) is 0.232. The molecule has 1 rings (SSSR count). The smallest absolute Gasteiger partial charge is 0.251 e. The van der Waals surface area contributed by atoms with Crippen molar-refractivity contribution in [3.05, 3.63) is 34.9 Å². The van der Waals surface area contributed by atoms with Crippen molar-refractivity contribution >= 4 is 23.3 Å². The number of Topliss-reactive ketones (excluding diaryl/α,β-unsaturated/α-hetero) is 1. The minimum Gasteiger partial charge on any atom is -0.352 e. The Hall–Kier alpha value is -1.35. The first-order chi connectivity index (χ1) is 9.58. The molecule has 110 valence electrons. The highest BCUT2D eigenvalue weighted by molar-refractivity contribution is 6.30. The molecule has 1 unspecified atom stereocenters. The number of amides is 1. The molecular weight excluding hydrogens is 274 g/mol. The van der Waals surface area contributed by atoms with Gasteiger partial charge in [0.25, 0.3) is 5.91 Å². The molecule has 0 radical (unpaired) electrons. The van der Waals surface area contributed by atoms with E-state index in [0.717, 1.165) is 12.8 Å². The van der Waals surface area contributed by atoms with Gasteiger partial charge in [0.05, 0.1) is 0 Å². The van der Waals surface area contributed by atoms with Gasteiger partial charge in [-0.25, -0.2) is 0 Å². The standard InChI is InChI=1S/C16H22ClNO2/c1-3-5-15(19)12(4-2)10-11-18-16(20)13-6-8-14(17)9-7-13/h6-9,12H,3-5,10-11H2,1-2H3,(H,18,20). The van der Waals surface area contributed by atoms with Gasteiger partial charge in [0, 0.05) is 29.5 Å². The van der Waals surface area contributed by atoms with Gasteiger partial charge in [-0.3, -0.25) is 9.59 Å². The number of rotatable bonds is 8. The monoisotopic (exact) mass is 295 g/mol. The summed E-state index contributed by atoms with van der Waals surface area (Å²) in [6, 6.07) is 6.76. The van der Waals surface area contributed by atoms with E-state index in [9.17, 15) is 9.59 Å². The van der Waals surface area contributed by atoms with Gasteiger partial charge in [0.1, 0.15) is 5.78 Å². The molecule has 1 aromatic carbocycles. The van der Waals surface area contributed by atoms with Crippen LogP contribution in [0.3, 0.4) is 0 Å². The highest BCUT2D eigenvalue weighted by atomic mass is 35.5. The summed E-state index contributed by atoms with van der Waals surface area (Å²) in [7, 11) is 0. The van der Waals surface area contributed by atoms with Gasteiger partial charge in [-0.2, -0.15) is 0 Å². The lowest BCUT2D eigenvalue weighted by molar-refractivity contribution is -0.123. The van der Waals surface area contributed by atoms with Crippen LogP contribution >= 0.6 is 11.6 Å². The van der Waals surface area contributed by atoms with Crippen molar-refractivity contribution in [1.82, 2.24) is 5.32 Å². The average molecular weight is 296 g/mol. The number of carbonyl (C=O) groups excluding carboxylic acids is 2. The van der Waals surface area contributed by atoms with Crippen LogP contribution in [0.4, 0.5) is 0 Å². The van der Waals surface area contributed by atoms with Gasteiger partial charge in [-0.15, -0.1) is 0 Å². The highest BCUT2D eigenvalue weighted by Gasteiger charge is 2.15. The SMILES string of the molecule is CCCC(=O)C(CC)CCNC(=O)c1ccc(Cl)cc1. The molecule has 0 aliphatic heterocycles. The van der Waals surface area contributed by atoms with E-state index in [-0.39, 0.29) is 11.8 Å². The highest BCUT2D eigenvalue weighted by Crippen LogP contribution is 2.13. The van der Waals surface area contributed by atoms with Gasteiger partial charge in [-0.1, -0.05) is 25.4 Å². The largest absolute Gasteiger partial charge is 0.352 e. The Kier molecular flexibility index (Phi) is 7.31. The fraction of sp³-hybridized carbons (Fsp3) is 0.500. The van der Waals surface area contributed by atoms with Crippen molar-refractivity contribution in [2.75, 3.05) is 6.54 Å². The molecule has 1 atom stereocenters. The van der Waals surface area contributed by atoms with Crippen molar-refractivity contribution in [2.45, 2.75) is 39.5 Å². The fourth-order valence-electron chi connectivity index (χ4n) is 2.11. The summed E-state index contributed by atoms with van der Waals surface area (Å²) >= 11 is 5.78. The van der Waals surface area contributed by atoms with E-state index in [1.54, 1.807) is 24.3 Å². The fourth-order valence-corrected chi connectivity index (χ4v) is 2.23. The summed E-state index contributed by atoms with van der Waals surface area (Å²) in [6.45, 7) is 4.54. The van der Waals surface area contributed by atoms with E-state index in [2.05, 4.69) is 5.32 Å². The summed E-state index contributed by atoms with van der Waals surface area (Å²) in [4.78, 5) is 23.7. The second-order valence-electron chi connectivity index (χ2n) is 4.87. The normalized spacial score (nSPS) is 11.9. The lowest BCUT2D eigenvalue weighted by Crippen LogP contribution is -2.27. The third-order valence-corrected chi connectivity index (χ3v) is 3.58. The molecular formula is C16H22ClNO2. The Balaban J connectivity index is 2.41. The molecule has 0 aliphatic carbocycles. The lowest BCUT2D eigenvalue weighted by atomic mass is 9.94. The van der Waals surface area contributed by atoms with Crippen LogP contribution in [0.5, 0.6) is 0 Å². The maximum Gasteiger partial charge on any atom is 0.251 e. The van der Waals surface area contributed by atoms with E-state index in [4.69, 9.17) is 11.6 Å². The average Bonchev–Trinajstić information content (AvgIpc) is 2.44. The van der Waals surface area contributed by atoms with Crippen LogP contribution in [0.15, 0.2) is 24.3 Å². The van der Waals surface area contributed by atoms with E-state index in [1.807, 2.05) is 13.8 Å². The Morgan fingerprint density at radius 1 is 1.20 bits per heavy atom. The van der Waals surface area contributed by atoms with Gasteiger partial charge in [0.2, 0.25) is 0 Å². The number of nitrogens with one attached hydrogen (secondary N) is 1. The number of ketones is 1. The minimum absolute atomic E-state index is 0.0560. The van der Waals surface area contributed by atoms with Gasteiger partial charge < -0.3 is 5.32 Å². The van der Waals surface area contributed by atoms with Crippen LogP contribution in [-0.4, -0.2) is 18.2 Å². The van der Waals surface area contributed by atoms with E-state index in [0.29, 0.717) is 35.8 Å². The molecule has 20 heavy (non-hydrogen) atoms. The molecule has 0 aromatic heterocycles. The van der Waals surface area contributed by atoms with E-state index >= 15 is 0 Å². The van der Waals surface area contributed by atoms with Gasteiger partial charge in [0.15, 0.2) is 0 Å². The molecule has 3 nitrogen and oxygen atoms in total. The van der Waals surface area contributed by atoms with Crippen molar-refractivity contribution < 1.29 is 9.59 Å². The van der Waals surface area contributed by atoms with E-state index < -0.39 is 0 Å². The molecule has 0 spiro atoms. The molecule has 0 bridgehead atoms. The second kappa shape index (κ2) is 8.75. The number of hydrogen-bond acceptors (Lipinski definition) is 2. The van der Waals surface area contributed by atoms with Crippen LogP contribution in [0.1, 0.15) is 49.9 Å². The van der Waals surface area contributed by atoms with Crippen molar-refractivity contribution in [3.63, 3.8) is 0 Å². The number of carbonyl (C=O) groups is 2. The molecule has 1 amide bonds.